The predicted molar refractivity (Wildman–Crippen MR) is 109 cm³/mol. The molecule has 1 aliphatic rings. The number of likely N-dealkylation sites (tertiary alicyclic amines) is 1. The van der Waals surface area contributed by atoms with Gasteiger partial charge in [-0.2, -0.15) is 0 Å². The number of sulfonamides is 1. The Morgan fingerprint density at radius 3 is 2.41 bits per heavy atom. The molecule has 1 aliphatic heterocycles. The molecule has 5 nitrogen and oxygen atoms in total. The van der Waals surface area contributed by atoms with E-state index in [1.807, 2.05) is 4.90 Å². The van der Waals surface area contributed by atoms with E-state index in [0.29, 0.717) is 5.69 Å². The quantitative estimate of drug-likeness (QED) is 0.799. The van der Waals surface area contributed by atoms with E-state index in [1.165, 1.54) is 11.1 Å². The molecule has 27 heavy (non-hydrogen) atoms. The maximum atomic E-state index is 12.7. The number of carbonyl (C=O) groups is 1. The van der Waals surface area contributed by atoms with Gasteiger partial charge in [0.05, 0.1) is 12.3 Å². The van der Waals surface area contributed by atoms with Crippen molar-refractivity contribution in [2.75, 3.05) is 17.5 Å². The molecule has 1 heterocycles. The summed E-state index contributed by atoms with van der Waals surface area (Å²) in [7, 11) is -3.29. The van der Waals surface area contributed by atoms with E-state index in [9.17, 15) is 13.2 Å². The Kier molecular flexibility index (Phi) is 5.65. The zero-order valence-electron chi connectivity index (χ0n) is 15.6. The highest BCUT2D eigenvalue weighted by Gasteiger charge is 2.28. The van der Waals surface area contributed by atoms with E-state index in [0.717, 1.165) is 31.2 Å². The number of nitrogens with one attached hydrogen (secondary N) is 1. The Morgan fingerprint density at radius 1 is 1.11 bits per heavy atom. The van der Waals surface area contributed by atoms with Crippen LogP contribution in [0.2, 0.25) is 0 Å². The van der Waals surface area contributed by atoms with Crippen LogP contribution >= 0.6 is 0 Å². The second kappa shape index (κ2) is 7.96. The van der Waals surface area contributed by atoms with Gasteiger partial charge in [-0.05, 0) is 49.1 Å². The highest BCUT2D eigenvalue weighted by Crippen LogP contribution is 2.32. The van der Waals surface area contributed by atoms with Crippen molar-refractivity contribution in [2.45, 2.75) is 25.8 Å². The summed E-state index contributed by atoms with van der Waals surface area (Å²) in [4.78, 5) is 14.6. The van der Waals surface area contributed by atoms with Crippen LogP contribution in [0.25, 0.3) is 6.08 Å². The second-order valence-corrected chi connectivity index (χ2v) is 8.68. The minimum absolute atomic E-state index is 0.00332. The lowest BCUT2D eigenvalue weighted by Gasteiger charge is -2.24. The SMILES string of the molecule is Cc1ccc(C2CCCN2C(=O)/C=C/c2ccc(NS(C)(=O)=O)cc2)cc1. The average Bonchev–Trinajstić information content (AvgIpc) is 3.10. The van der Waals surface area contributed by atoms with Crippen molar-refractivity contribution in [2.24, 2.45) is 0 Å². The van der Waals surface area contributed by atoms with Crippen molar-refractivity contribution in [3.63, 3.8) is 0 Å². The summed E-state index contributed by atoms with van der Waals surface area (Å²) < 4.78 is 24.9. The Balaban J connectivity index is 1.67. The van der Waals surface area contributed by atoms with E-state index in [1.54, 1.807) is 36.4 Å². The van der Waals surface area contributed by atoms with Crippen LogP contribution in [-0.2, 0) is 14.8 Å². The fourth-order valence-corrected chi connectivity index (χ4v) is 3.87. The summed E-state index contributed by atoms with van der Waals surface area (Å²) in [6.07, 6.45) is 6.45. The van der Waals surface area contributed by atoms with Gasteiger partial charge < -0.3 is 4.90 Å². The summed E-state index contributed by atoms with van der Waals surface area (Å²) in [6.45, 7) is 2.82. The van der Waals surface area contributed by atoms with Crippen LogP contribution in [0, 0.1) is 6.92 Å². The number of benzene rings is 2. The first kappa shape index (κ1) is 19.2. The Hall–Kier alpha value is -2.60. The highest BCUT2D eigenvalue weighted by atomic mass is 32.2. The van der Waals surface area contributed by atoms with Gasteiger partial charge in [0, 0.05) is 18.3 Å². The van der Waals surface area contributed by atoms with Gasteiger partial charge in [0.2, 0.25) is 15.9 Å². The van der Waals surface area contributed by atoms with E-state index in [4.69, 9.17) is 0 Å². The topological polar surface area (TPSA) is 66.5 Å². The second-order valence-electron chi connectivity index (χ2n) is 6.93. The smallest absolute Gasteiger partial charge is 0.247 e. The fourth-order valence-electron chi connectivity index (χ4n) is 3.31. The lowest BCUT2D eigenvalue weighted by Crippen LogP contribution is -2.28. The fraction of sp³-hybridized carbons (Fsp3) is 0.286. The molecular formula is C21H24N2O3S. The van der Waals surface area contributed by atoms with Crippen LogP contribution in [-0.4, -0.2) is 32.0 Å². The maximum Gasteiger partial charge on any atom is 0.247 e. The van der Waals surface area contributed by atoms with Crippen LogP contribution in [0.15, 0.2) is 54.6 Å². The zero-order chi connectivity index (χ0) is 19.4. The van der Waals surface area contributed by atoms with Crippen molar-refractivity contribution >= 4 is 27.7 Å². The summed E-state index contributed by atoms with van der Waals surface area (Å²) >= 11 is 0. The van der Waals surface area contributed by atoms with Crippen LogP contribution in [0.4, 0.5) is 5.69 Å². The summed E-state index contributed by atoms with van der Waals surface area (Å²) in [5, 5.41) is 0. The molecule has 6 heteroatoms. The molecule has 0 bridgehead atoms. The van der Waals surface area contributed by atoms with Crippen molar-refractivity contribution in [3.8, 4) is 0 Å². The number of hydrogen-bond acceptors (Lipinski definition) is 3. The van der Waals surface area contributed by atoms with Gasteiger partial charge >= 0.3 is 0 Å². The number of rotatable bonds is 5. The molecule has 0 aromatic heterocycles. The maximum absolute atomic E-state index is 12.7. The lowest BCUT2D eigenvalue weighted by molar-refractivity contribution is -0.126. The van der Waals surface area contributed by atoms with Crippen LogP contribution in [0.1, 0.15) is 35.6 Å². The summed E-state index contributed by atoms with van der Waals surface area (Å²) in [5.74, 6) is -0.00332. The van der Waals surface area contributed by atoms with Gasteiger partial charge in [-0.25, -0.2) is 8.42 Å². The van der Waals surface area contributed by atoms with E-state index < -0.39 is 10.0 Å². The molecule has 0 saturated carbocycles. The number of amides is 1. The minimum Gasteiger partial charge on any atom is -0.332 e. The Bertz CT molecular complexity index is 932. The molecule has 1 unspecified atom stereocenters. The molecule has 1 atom stereocenters. The number of anilines is 1. The van der Waals surface area contributed by atoms with Crippen molar-refractivity contribution in [3.05, 3.63) is 71.3 Å². The number of aryl methyl sites for hydroxylation is 1. The van der Waals surface area contributed by atoms with Crippen LogP contribution < -0.4 is 4.72 Å². The van der Waals surface area contributed by atoms with E-state index >= 15 is 0 Å². The van der Waals surface area contributed by atoms with Crippen LogP contribution in [0.5, 0.6) is 0 Å². The van der Waals surface area contributed by atoms with Gasteiger partial charge in [-0.15, -0.1) is 0 Å². The zero-order valence-corrected chi connectivity index (χ0v) is 16.4. The largest absolute Gasteiger partial charge is 0.332 e. The molecule has 1 saturated heterocycles. The molecule has 3 rings (SSSR count). The highest BCUT2D eigenvalue weighted by molar-refractivity contribution is 7.92. The van der Waals surface area contributed by atoms with E-state index in [2.05, 4.69) is 35.9 Å². The first-order chi connectivity index (χ1) is 12.8. The van der Waals surface area contributed by atoms with Gasteiger partial charge in [0.25, 0.3) is 0 Å². The third-order valence-electron chi connectivity index (χ3n) is 4.63. The number of nitrogens with zero attached hydrogens (tertiary/aromatic N) is 1. The summed E-state index contributed by atoms with van der Waals surface area (Å²) in [6, 6.07) is 15.4. The van der Waals surface area contributed by atoms with Gasteiger partial charge in [0.1, 0.15) is 0 Å². The van der Waals surface area contributed by atoms with Crippen molar-refractivity contribution in [1.29, 1.82) is 0 Å². The molecule has 1 N–H and O–H groups in total. The Morgan fingerprint density at radius 2 is 1.78 bits per heavy atom. The van der Waals surface area contributed by atoms with Crippen molar-refractivity contribution in [1.82, 2.24) is 4.90 Å². The Labute approximate surface area is 160 Å². The molecular weight excluding hydrogens is 360 g/mol. The lowest BCUT2D eigenvalue weighted by atomic mass is 10.0. The first-order valence-corrected chi connectivity index (χ1v) is 10.8. The number of carbonyl (C=O) groups excluding carboxylic acids is 1. The molecule has 2 aromatic rings. The molecule has 0 radical (unpaired) electrons. The third-order valence-corrected chi connectivity index (χ3v) is 5.24. The van der Waals surface area contributed by atoms with Gasteiger partial charge in [-0.1, -0.05) is 42.0 Å². The van der Waals surface area contributed by atoms with Gasteiger partial charge in [0.15, 0.2) is 0 Å². The standard InChI is InChI=1S/C21H24N2O3S/c1-16-5-10-18(11-6-16)20-4-3-15-23(20)21(24)14-9-17-7-12-19(13-8-17)22-27(2,25)26/h5-14,20,22H,3-4,15H2,1-2H3/b14-9+. The van der Waals surface area contributed by atoms with Gasteiger partial charge in [-0.3, -0.25) is 9.52 Å². The molecule has 142 valence electrons. The molecule has 2 aromatic carbocycles. The monoisotopic (exact) mass is 384 g/mol. The summed E-state index contributed by atoms with van der Waals surface area (Å²) in [5.41, 5.74) is 3.73. The third kappa shape index (κ3) is 5.20. The molecule has 0 aliphatic carbocycles. The van der Waals surface area contributed by atoms with Crippen LogP contribution in [0.3, 0.4) is 0 Å². The molecule has 1 amide bonds. The average molecular weight is 385 g/mol. The predicted octanol–water partition coefficient (Wildman–Crippen LogP) is 3.74. The number of hydrogen-bond donors (Lipinski definition) is 1. The van der Waals surface area contributed by atoms with E-state index in [-0.39, 0.29) is 11.9 Å². The van der Waals surface area contributed by atoms with Crippen molar-refractivity contribution < 1.29 is 13.2 Å². The normalized spacial score (nSPS) is 17.4. The molecule has 0 spiro atoms. The first-order valence-electron chi connectivity index (χ1n) is 8.95. The minimum atomic E-state index is -3.29. The molecule has 1 fully saturated rings.